The van der Waals surface area contributed by atoms with E-state index in [1.165, 1.54) is 105 Å². The first-order valence-electron chi connectivity index (χ1n) is 28.8. The third-order valence-corrected chi connectivity index (χ3v) is 18.0. The number of para-hydroxylation sites is 1. The molecule has 0 aliphatic heterocycles. The molecule has 16 rings (SSSR count). The molecule has 0 amide bonds. The molecular formula is C80H56N2. The highest BCUT2D eigenvalue weighted by Gasteiger charge is 2.48. The lowest BCUT2D eigenvalue weighted by Crippen LogP contribution is -2.29. The van der Waals surface area contributed by atoms with E-state index in [0.717, 1.165) is 41.2 Å². The monoisotopic (exact) mass is 1040 g/mol. The normalized spacial score (nSPS) is 14.3. The first-order valence-corrected chi connectivity index (χ1v) is 28.8. The third-order valence-electron chi connectivity index (χ3n) is 18.0. The van der Waals surface area contributed by atoms with Crippen molar-refractivity contribution in [2.24, 2.45) is 0 Å². The van der Waals surface area contributed by atoms with Crippen molar-refractivity contribution in [3.05, 3.63) is 366 Å². The Kier molecular flexibility index (Phi) is 11.2. The second-order valence-electron chi connectivity index (χ2n) is 22.2. The van der Waals surface area contributed by atoms with Crippen LogP contribution >= 0.6 is 0 Å². The Morgan fingerprint density at radius 3 is 1.37 bits per heavy atom. The van der Waals surface area contributed by atoms with Gasteiger partial charge in [0.2, 0.25) is 0 Å². The van der Waals surface area contributed by atoms with E-state index in [9.17, 15) is 0 Å². The summed E-state index contributed by atoms with van der Waals surface area (Å²) in [5.74, 6) is 0. The summed E-state index contributed by atoms with van der Waals surface area (Å²) < 4.78 is 2.44. The van der Waals surface area contributed by atoms with Gasteiger partial charge in [-0.2, -0.15) is 0 Å². The summed E-state index contributed by atoms with van der Waals surface area (Å²) in [5, 5.41) is 2.45. The van der Waals surface area contributed by atoms with Crippen LogP contribution in [0.3, 0.4) is 0 Å². The zero-order chi connectivity index (χ0) is 54.2. The van der Waals surface area contributed by atoms with Crippen LogP contribution in [-0.4, -0.2) is 4.57 Å². The van der Waals surface area contributed by atoms with Crippen LogP contribution in [0.2, 0.25) is 0 Å². The van der Waals surface area contributed by atoms with Crippen LogP contribution in [-0.2, 0) is 10.8 Å². The second kappa shape index (κ2) is 19.2. The number of aromatic nitrogens is 1. The molecule has 0 atom stereocenters. The molecule has 0 N–H and O–H groups in total. The summed E-state index contributed by atoms with van der Waals surface area (Å²) in [6.45, 7) is 0. The number of allylic oxidation sites excluding steroid dienone is 4. The highest BCUT2D eigenvalue weighted by atomic mass is 15.1. The summed E-state index contributed by atoms with van der Waals surface area (Å²) >= 11 is 0. The number of nitrogens with zero attached hydrogens (tertiary/aromatic N) is 2. The Balaban J connectivity index is 0.851. The minimum Gasteiger partial charge on any atom is -0.310 e. The predicted molar refractivity (Wildman–Crippen MR) is 342 cm³/mol. The molecule has 0 unspecified atom stereocenters. The quantitative estimate of drug-likeness (QED) is 0.133. The van der Waals surface area contributed by atoms with E-state index in [1.807, 2.05) is 0 Å². The number of rotatable bonds is 10. The molecule has 0 saturated carbocycles. The highest BCUT2D eigenvalue weighted by Crippen LogP contribution is 2.59. The summed E-state index contributed by atoms with van der Waals surface area (Å²) in [4.78, 5) is 2.45. The van der Waals surface area contributed by atoms with Crippen LogP contribution in [0.25, 0.3) is 66.4 Å². The zero-order valence-electron chi connectivity index (χ0n) is 45.3. The van der Waals surface area contributed by atoms with Gasteiger partial charge in [0.25, 0.3) is 0 Å². The largest absolute Gasteiger partial charge is 0.310 e. The number of fused-ring (bicyclic) bond motifs is 8. The molecule has 13 aromatic rings. The van der Waals surface area contributed by atoms with Crippen LogP contribution < -0.4 is 4.90 Å². The van der Waals surface area contributed by atoms with Gasteiger partial charge in [0.1, 0.15) is 0 Å². The number of hydrogen-bond acceptors (Lipinski definition) is 1. The minimum atomic E-state index is -0.510. The van der Waals surface area contributed by atoms with Crippen LogP contribution in [0, 0.1) is 0 Å². The molecular weight excluding hydrogens is 989 g/mol. The Morgan fingerprint density at radius 2 is 0.768 bits per heavy atom. The molecule has 3 aliphatic rings. The molecule has 0 spiro atoms. The van der Waals surface area contributed by atoms with E-state index in [4.69, 9.17) is 0 Å². The van der Waals surface area contributed by atoms with Gasteiger partial charge in [-0.1, -0.05) is 243 Å². The smallest absolute Gasteiger partial charge is 0.0713 e. The predicted octanol–water partition coefficient (Wildman–Crippen LogP) is 20.4. The van der Waals surface area contributed by atoms with Gasteiger partial charge < -0.3 is 9.47 Å². The molecule has 12 aromatic carbocycles. The minimum absolute atomic E-state index is 0.431. The molecule has 2 nitrogen and oxygen atoms in total. The number of benzene rings is 12. The molecule has 0 fully saturated rings. The number of anilines is 3. The SMILES string of the molecule is C1=CC2=C(CC1)c1cc(N(c3ccc(-c4ccccc4)cc3)c3ccc(-c4ccc5c(c4)c4cc(C6(c7ccccc7)c7ccccc7-c7ccccc76)ccc4n5-c4ccccc4)cc3)ccc1C2(c1ccccc1)c1ccccc1. The van der Waals surface area contributed by atoms with Gasteiger partial charge in [0.05, 0.1) is 21.9 Å². The molecule has 3 aliphatic carbocycles. The van der Waals surface area contributed by atoms with Crippen molar-refractivity contribution in [1.82, 2.24) is 4.57 Å². The van der Waals surface area contributed by atoms with Gasteiger partial charge in [0, 0.05) is 33.5 Å². The molecule has 82 heavy (non-hydrogen) atoms. The molecule has 0 saturated heterocycles. The molecule has 386 valence electrons. The molecule has 1 heterocycles. The number of hydrogen-bond donors (Lipinski definition) is 0. The Hall–Kier alpha value is -10.3. The van der Waals surface area contributed by atoms with E-state index in [-0.39, 0.29) is 0 Å². The molecule has 2 heteroatoms. The fraction of sp³-hybridized carbons (Fsp3) is 0.0500. The molecule has 0 radical (unpaired) electrons. The highest BCUT2D eigenvalue weighted by molar-refractivity contribution is 6.11. The van der Waals surface area contributed by atoms with Crippen molar-refractivity contribution in [2.75, 3.05) is 4.90 Å². The lowest BCUT2D eigenvalue weighted by Gasteiger charge is -2.35. The van der Waals surface area contributed by atoms with Gasteiger partial charge >= 0.3 is 0 Å². The fourth-order valence-corrected chi connectivity index (χ4v) is 14.5. The van der Waals surface area contributed by atoms with Gasteiger partial charge in [-0.25, -0.2) is 0 Å². The van der Waals surface area contributed by atoms with E-state index in [0.29, 0.717) is 0 Å². The van der Waals surface area contributed by atoms with Gasteiger partial charge in [-0.3, -0.25) is 0 Å². The maximum absolute atomic E-state index is 2.50. The average Bonchev–Trinajstić information content (AvgIpc) is 4.02. The van der Waals surface area contributed by atoms with Crippen molar-refractivity contribution in [2.45, 2.75) is 23.7 Å². The third kappa shape index (κ3) is 7.21. The summed E-state index contributed by atoms with van der Waals surface area (Å²) in [6, 6.07) is 113. The van der Waals surface area contributed by atoms with Crippen molar-refractivity contribution >= 4 is 44.4 Å². The lowest BCUT2D eigenvalue weighted by molar-refractivity contribution is 0.756. The van der Waals surface area contributed by atoms with Crippen molar-refractivity contribution in [1.29, 1.82) is 0 Å². The van der Waals surface area contributed by atoms with E-state index in [1.54, 1.807) is 0 Å². The lowest BCUT2D eigenvalue weighted by atomic mass is 9.66. The van der Waals surface area contributed by atoms with Crippen molar-refractivity contribution in [3.63, 3.8) is 0 Å². The summed E-state index contributed by atoms with van der Waals surface area (Å²) in [5.41, 5.74) is 26.4. The van der Waals surface area contributed by atoms with Crippen LogP contribution in [0.1, 0.15) is 57.3 Å². The summed E-state index contributed by atoms with van der Waals surface area (Å²) in [6.07, 6.45) is 6.81. The molecule has 0 bridgehead atoms. The zero-order valence-corrected chi connectivity index (χ0v) is 45.3. The van der Waals surface area contributed by atoms with E-state index >= 15 is 0 Å². The maximum Gasteiger partial charge on any atom is 0.0713 e. The average molecular weight is 1050 g/mol. The standard InChI is InChI=1S/C80H56N2/c1-6-22-55(23-7-1)56-38-44-64(45-39-56)81(66-48-49-76-70(54-66)69-34-18-21-37-75(69)79(76,59-24-8-2-9-25-59)60-26-10-3-11-27-60)65-46-40-57(41-47-65)58-42-50-77-71(52-58)72-53-62(43-51-78(72)82(77)63-30-14-5-15-31-63)80(61-28-12-4-13-29-61)73-35-19-16-32-67(73)68-33-17-20-36-74(68)80/h1-17,19-33,35-54H,18,34H2. The fourth-order valence-electron chi connectivity index (χ4n) is 14.5. The Labute approximate surface area is 479 Å². The van der Waals surface area contributed by atoms with E-state index in [2.05, 4.69) is 325 Å². The Bertz CT molecular complexity index is 4540. The maximum atomic E-state index is 2.50. The second-order valence-corrected chi connectivity index (χ2v) is 22.2. The van der Waals surface area contributed by atoms with Crippen molar-refractivity contribution in [3.8, 4) is 39.1 Å². The Morgan fingerprint density at radius 1 is 0.317 bits per heavy atom. The van der Waals surface area contributed by atoms with Gasteiger partial charge in [0.15, 0.2) is 0 Å². The first kappa shape index (κ1) is 47.7. The first-order chi connectivity index (χ1) is 40.7. The summed E-state index contributed by atoms with van der Waals surface area (Å²) in [7, 11) is 0. The van der Waals surface area contributed by atoms with Gasteiger partial charge in [-0.05, 0) is 175 Å². The van der Waals surface area contributed by atoms with Crippen LogP contribution in [0.15, 0.2) is 321 Å². The van der Waals surface area contributed by atoms with Crippen LogP contribution in [0.4, 0.5) is 17.1 Å². The topological polar surface area (TPSA) is 8.17 Å². The van der Waals surface area contributed by atoms with E-state index < -0.39 is 10.8 Å². The van der Waals surface area contributed by atoms with Crippen LogP contribution in [0.5, 0.6) is 0 Å². The van der Waals surface area contributed by atoms with Crippen molar-refractivity contribution < 1.29 is 0 Å². The molecule has 1 aromatic heterocycles. The van der Waals surface area contributed by atoms with Gasteiger partial charge in [-0.15, -0.1) is 0 Å².